The molecule has 6 nitrogen and oxygen atoms in total. The molecule has 0 saturated carbocycles. The van der Waals surface area contributed by atoms with Crippen LogP contribution in [0.5, 0.6) is 0 Å². The molecule has 0 amide bonds. The highest BCUT2D eigenvalue weighted by molar-refractivity contribution is 7.07. The smallest absolute Gasteiger partial charge is 0.304 e. The Kier molecular flexibility index (Phi) is 3.18. The van der Waals surface area contributed by atoms with Crippen molar-refractivity contribution < 1.29 is 0 Å². The second-order valence-electron chi connectivity index (χ2n) is 4.73. The molecular formula is C12H14ClN5OS. The third-order valence-corrected chi connectivity index (χ3v) is 4.09. The fourth-order valence-electron chi connectivity index (χ4n) is 2.37. The zero-order valence-electron chi connectivity index (χ0n) is 11.3. The number of thiazole rings is 1. The van der Waals surface area contributed by atoms with Crippen molar-refractivity contribution in [2.75, 3.05) is 0 Å². The second-order valence-corrected chi connectivity index (χ2v) is 6.22. The number of halogens is 1. The molecule has 3 aromatic rings. The summed E-state index contributed by atoms with van der Waals surface area (Å²) in [7, 11) is 1.88. The summed E-state index contributed by atoms with van der Waals surface area (Å²) in [4.78, 5) is 18.6. The Bertz CT molecular complexity index is 825. The summed E-state index contributed by atoms with van der Waals surface area (Å²) in [6.45, 7) is 4.34. The first-order valence-corrected chi connectivity index (χ1v) is 7.49. The highest BCUT2D eigenvalue weighted by atomic mass is 35.5. The van der Waals surface area contributed by atoms with Gasteiger partial charge in [0, 0.05) is 18.1 Å². The third kappa shape index (κ3) is 2.06. The van der Waals surface area contributed by atoms with Gasteiger partial charge in [-0.15, -0.1) is 11.6 Å². The van der Waals surface area contributed by atoms with Crippen LogP contribution in [0.4, 0.5) is 0 Å². The van der Waals surface area contributed by atoms with E-state index < -0.39 is 0 Å². The van der Waals surface area contributed by atoms with E-state index in [1.165, 1.54) is 0 Å². The quantitative estimate of drug-likeness (QED) is 0.754. The van der Waals surface area contributed by atoms with E-state index in [2.05, 4.69) is 15.1 Å². The molecule has 0 saturated heterocycles. The van der Waals surface area contributed by atoms with E-state index in [1.54, 1.807) is 4.68 Å². The van der Waals surface area contributed by atoms with Crippen LogP contribution in [0.15, 0.2) is 10.2 Å². The van der Waals surface area contributed by atoms with Crippen molar-refractivity contribution in [3.63, 3.8) is 0 Å². The van der Waals surface area contributed by atoms with Crippen LogP contribution in [0.2, 0.25) is 0 Å². The van der Waals surface area contributed by atoms with Crippen molar-refractivity contribution in [1.29, 1.82) is 0 Å². The summed E-state index contributed by atoms with van der Waals surface area (Å²) in [6.07, 6.45) is 0. The van der Waals surface area contributed by atoms with Crippen molar-refractivity contribution in [2.45, 2.75) is 25.8 Å². The lowest BCUT2D eigenvalue weighted by Gasteiger charge is -2.09. The van der Waals surface area contributed by atoms with E-state index in [4.69, 9.17) is 11.6 Å². The Morgan fingerprint density at radius 3 is 2.90 bits per heavy atom. The van der Waals surface area contributed by atoms with Crippen LogP contribution >= 0.6 is 22.9 Å². The first kappa shape index (κ1) is 13.4. The maximum absolute atomic E-state index is 11.3. The van der Waals surface area contributed by atoms with Gasteiger partial charge in [-0.2, -0.15) is 5.10 Å². The van der Waals surface area contributed by atoms with Gasteiger partial charge in [0.05, 0.1) is 17.6 Å². The number of aryl methyl sites for hydroxylation is 2. The Morgan fingerprint density at radius 2 is 2.30 bits per heavy atom. The van der Waals surface area contributed by atoms with Gasteiger partial charge in [0.25, 0.3) is 0 Å². The Labute approximate surface area is 124 Å². The molecule has 3 heterocycles. The maximum Gasteiger partial charge on any atom is 0.304 e. The van der Waals surface area contributed by atoms with Gasteiger partial charge in [-0.3, -0.25) is 9.48 Å². The summed E-state index contributed by atoms with van der Waals surface area (Å²) in [5.74, 6) is 0.782. The lowest BCUT2D eigenvalue weighted by molar-refractivity contribution is 0.679. The van der Waals surface area contributed by atoms with E-state index >= 15 is 0 Å². The first-order valence-electron chi connectivity index (χ1n) is 6.18. The van der Waals surface area contributed by atoms with Gasteiger partial charge < -0.3 is 9.55 Å². The number of nitrogens with one attached hydrogen (secondary N) is 1. The molecule has 1 unspecified atom stereocenters. The number of aromatic nitrogens is 5. The van der Waals surface area contributed by atoms with Crippen molar-refractivity contribution in [1.82, 2.24) is 24.3 Å². The molecule has 1 atom stereocenters. The monoisotopic (exact) mass is 311 g/mol. The first-order chi connectivity index (χ1) is 9.47. The second kappa shape index (κ2) is 4.75. The summed E-state index contributed by atoms with van der Waals surface area (Å²) in [6, 6.07) is 0. The van der Waals surface area contributed by atoms with Crippen molar-refractivity contribution in [3.05, 3.63) is 32.3 Å². The third-order valence-electron chi connectivity index (χ3n) is 3.17. The minimum absolute atomic E-state index is 0.0574. The molecule has 106 valence electrons. The van der Waals surface area contributed by atoms with Crippen LogP contribution in [0.25, 0.3) is 11.2 Å². The highest BCUT2D eigenvalue weighted by Crippen LogP contribution is 2.26. The number of H-pyrrole nitrogens is 1. The van der Waals surface area contributed by atoms with Gasteiger partial charge in [0.1, 0.15) is 11.3 Å². The number of fused-ring (bicyclic) bond motifs is 1. The van der Waals surface area contributed by atoms with Gasteiger partial charge in [-0.05, 0) is 13.8 Å². The molecule has 8 heteroatoms. The van der Waals surface area contributed by atoms with Gasteiger partial charge in [-0.25, -0.2) is 4.98 Å². The predicted molar refractivity (Wildman–Crippen MR) is 79.5 cm³/mol. The Hall–Kier alpha value is -1.60. The number of hydrogen-bond donors (Lipinski definition) is 1. The van der Waals surface area contributed by atoms with Crippen LogP contribution in [-0.2, 0) is 13.6 Å². The van der Waals surface area contributed by atoms with Crippen molar-refractivity contribution >= 4 is 34.1 Å². The van der Waals surface area contributed by atoms with E-state index in [9.17, 15) is 4.79 Å². The number of hydrogen-bond acceptors (Lipinski definition) is 4. The fraction of sp³-hybridized carbons (Fsp3) is 0.417. The van der Waals surface area contributed by atoms with E-state index in [0.717, 1.165) is 39.7 Å². The number of imidazole rings is 1. The number of aromatic amines is 1. The lowest BCUT2D eigenvalue weighted by Crippen LogP contribution is -2.10. The Balaban J connectivity index is 2.20. The average molecular weight is 312 g/mol. The molecule has 3 rings (SSSR count). The molecule has 0 aromatic carbocycles. The topological polar surface area (TPSA) is 68.5 Å². The number of alkyl halides is 1. The summed E-state index contributed by atoms with van der Waals surface area (Å²) in [5, 5.41) is 5.98. The molecule has 0 aliphatic rings. The van der Waals surface area contributed by atoms with Crippen LogP contribution < -0.4 is 4.87 Å². The zero-order chi connectivity index (χ0) is 14.4. The van der Waals surface area contributed by atoms with Gasteiger partial charge in [-0.1, -0.05) is 11.3 Å². The highest BCUT2D eigenvalue weighted by Gasteiger charge is 2.20. The minimum Gasteiger partial charge on any atom is -0.315 e. The molecular weight excluding hydrogens is 298 g/mol. The fourth-order valence-corrected chi connectivity index (χ4v) is 3.11. The maximum atomic E-state index is 11.3. The minimum atomic E-state index is -0.216. The van der Waals surface area contributed by atoms with Crippen LogP contribution in [0, 0.1) is 6.92 Å². The normalized spacial score (nSPS) is 13.2. The van der Waals surface area contributed by atoms with E-state index in [0.29, 0.717) is 6.54 Å². The van der Waals surface area contributed by atoms with Crippen LogP contribution in [0.1, 0.15) is 29.5 Å². The van der Waals surface area contributed by atoms with Crippen LogP contribution in [-0.4, -0.2) is 24.3 Å². The van der Waals surface area contributed by atoms with Crippen LogP contribution in [0.3, 0.4) is 0 Å². The molecule has 0 spiro atoms. The molecule has 0 fully saturated rings. The molecule has 0 aliphatic heterocycles. The molecule has 1 N–H and O–H groups in total. The molecule has 0 aliphatic carbocycles. The number of rotatable bonds is 3. The summed E-state index contributed by atoms with van der Waals surface area (Å²) < 4.78 is 3.80. The van der Waals surface area contributed by atoms with Gasteiger partial charge in [0.2, 0.25) is 0 Å². The Morgan fingerprint density at radius 1 is 1.55 bits per heavy atom. The summed E-state index contributed by atoms with van der Waals surface area (Å²) >= 11 is 7.39. The molecule has 0 bridgehead atoms. The lowest BCUT2D eigenvalue weighted by atomic mass is 10.4. The van der Waals surface area contributed by atoms with Gasteiger partial charge >= 0.3 is 4.87 Å². The average Bonchev–Trinajstić information content (AvgIpc) is 3.00. The predicted octanol–water partition coefficient (Wildman–Crippen LogP) is 2.18. The van der Waals surface area contributed by atoms with Crippen molar-refractivity contribution in [2.24, 2.45) is 7.05 Å². The molecule has 20 heavy (non-hydrogen) atoms. The number of nitrogens with zero attached hydrogens (tertiary/aromatic N) is 4. The molecule has 3 aromatic heterocycles. The van der Waals surface area contributed by atoms with E-state index in [-0.39, 0.29) is 10.3 Å². The van der Waals surface area contributed by atoms with Gasteiger partial charge in [0.15, 0.2) is 5.65 Å². The standard InChI is InChI=1S/C12H14ClN5OS/c1-6(13)10-15-9-7(2)16-17(3)11(9)18(10)4-8-5-20-12(19)14-8/h5-6H,4H2,1-3H3,(H,14,19). The SMILES string of the molecule is Cc1nn(C)c2c1nc(C(C)Cl)n2Cc1csc(=O)[nH]1. The largest absolute Gasteiger partial charge is 0.315 e. The van der Waals surface area contributed by atoms with E-state index in [1.807, 2.05) is 30.8 Å². The van der Waals surface area contributed by atoms with Crippen molar-refractivity contribution in [3.8, 4) is 0 Å². The summed E-state index contributed by atoms with van der Waals surface area (Å²) in [5.41, 5.74) is 3.49. The molecule has 0 radical (unpaired) electrons. The zero-order valence-corrected chi connectivity index (χ0v) is 12.9.